The van der Waals surface area contributed by atoms with Gasteiger partial charge in [0, 0.05) is 11.9 Å². The molecular weight excluding hydrogens is 364 g/mol. The fraction of sp³-hybridized carbons (Fsp3) is 0.0909. The number of aryl methyl sites for hydroxylation is 1. The Morgan fingerprint density at radius 1 is 1.22 bits per heavy atom. The third kappa shape index (κ3) is 3.11. The molecule has 1 N–H and O–H groups in total. The molecule has 0 aliphatic heterocycles. The first kappa shape index (κ1) is 13.1. The first-order valence-corrected chi connectivity index (χ1v) is 6.57. The lowest BCUT2D eigenvalue weighted by Crippen LogP contribution is -2.14. The number of hydrogen-bond acceptors (Lipinski definition) is 4. The Morgan fingerprint density at radius 3 is 2.61 bits per heavy atom. The van der Waals surface area contributed by atoms with Crippen LogP contribution < -0.4 is 5.32 Å². The van der Waals surface area contributed by atoms with Gasteiger partial charge in [-0.15, -0.1) is 0 Å². The van der Waals surface area contributed by atoms with Gasteiger partial charge >= 0.3 is 0 Å². The predicted octanol–water partition coefficient (Wildman–Crippen LogP) is 2.96. The van der Waals surface area contributed by atoms with Crippen molar-refractivity contribution >= 4 is 43.6 Å². The molecule has 1 amide bonds. The summed E-state index contributed by atoms with van der Waals surface area (Å²) in [7, 11) is 0. The molecule has 92 valence electrons. The first-order valence-electron chi connectivity index (χ1n) is 4.98. The SMILES string of the molecule is Cc1ccc(C(=O)Nc2ncc(Br)nc2Br)cn1. The van der Waals surface area contributed by atoms with Crippen LogP contribution in [0.1, 0.15) is 16.1 Å². The molecule has 18 heavy (non-hydrogen) atoms. The molecule has 2 aromatic heterocycles. The number of nitrogens with one attached hydrogen (secondary N) is 1. The Kier molecular flexibility index (Phi) is 4.03. The highest BCUT2D eigenvalue weighted by Gasteiger charge is 2.10. The molecule has 0 aliphatic rings. The van der Waals surface area contributed by atoms with Gasteiger partial charge in [0.05, 0.1) is 11.8 Å². The van der Waals surface area contributed by atoms with Crippen molar-refractivity contribution < 1.29 is 4.79 Å². The molecule has 0 radical (unpaired) electrons. The van der Waals surface area contributed by atoms with Crippen molar-refractivity contribution in [1.29, 1.82) is 0 Å². The zero-order valence-corrected chi connectivity index (χ0v) is 12.5. The van der Waals surface area contributed by atoms with Crippen LogP contribution in [0.15, 0.2) is 33.7 Å². The summed E-state index contributed by atoms with van der Waals surface area (Å²) in [6.07, 6.45) is 3.03. The van der Waals surface area contributed by atoms with E-state index in [9.17, 15) is 4.79 Å². The lowest BCUT2D eigenvalue weighted by Gasteiger charge is -2.05. The van der Waals surface area contributed by atoms with E-state index in [0.29, 0.717) is 20.6 Å². The highest BCUT2D eigenvalue weighted by Crippen LogP contribution is 2.19. The number of amides is 1. The predicted molar refractivity (Wildman–Crippen MR) is 74.4 cm³/mol. The van der Waals surface area contributed by atoms with Crippen LogP contribution in [0, 0.1) is 6.92 Å². The van der Waals surface area contributed by atoms with Crippen LogP contribution in [0.4, 0.5) is 5.82 Å². The molecule has 0 unspecified atom stereocenters. The summed E-state index contributed by atoms with van der Waals surface area (Å²) in [6.45, 7) is 1.86. The van der Waals surface area contributed by atoms with Gasteiger partial charge in [-0.1, -0.05) is 0 Å². The Balaban J connectivity index is 2.18. The fourth-order valence-corrected chi connectivity index (χ4v) is 2.12. The van der Waals surface area contributed by atoms with Crippen LogP contribution in [0.3, 0.4) is 0 Å². The van der Waals surface area contributed by atoms with E-state index in [1.807, 2.05) is 6.92 Å². The zero-order valence-electron chi connectivity index (χ0n) is 9.32. The molecule has 0 aromatic carbocycles. The molecule has 0 saturated heterocycles. The van der Waals surface area contributed by atoms with Crippen LogP contribution in [0.5, 0.6) is 0 Å². The molecule has 0 spiro atoms. The fourth-order valence-electron chi connectivity index (χ4n) is 1.21. The summed E-state index contributed by atoms with van der Waals surface area (Å²) in [4.78, 5) is 24.1. The molecule has 5 nitrogen and oxygen atoms in total. The monoisotopic (exact) mass is 370 g/mol. The third-order valence-corrected chi connectivity index (χ3v) is 3.04. The third-order valence-electron chi connectivity index (χ3n) is 2.11. The maximum Gasteiger partial charge on any atom is 0.258 e. The highest BCUT2D eigenvalue weighted by atomic mass is 79.9. The van der Waals surface area contributed by atoms with E-state index in [-0.39, 0.29) is 5.91 Å². The van der Waals surface area contributed by atoms with Gasteiger partial charge in [-0.2, -0.15) is 0 Å². The minimum Gasteiger partial charge on any atom is -0.304 e. The molecule has 2 aromatic rings. The zero-order chi connectivity index (χ0) is 13.1. The number of nitrogens with zero attached hydrogens (tertiary/aromatic N) is 3. The number of aromatic nitrogens is 3. The van der Waals surface area contributed by atoms with Gasteiger partial charge in [-0.25, -0.2) is 9.97 Å². The van der Waals surface area contributed by atoms with Crippen molar-refractivity contribution in [2.75, 3.05) is 5.32 Å². The lowest BCUT2D eigenvalue weighted by molar-refractivity contribution is 0.102. The largest absolute Gasteiger partial charge is 0.304 e. The van der Waals surface area contributed by atoms with Crippen LogP contribution in [0.25, 0.3) is 0 Å². The molecule has 0 atom stereocenters. The number of halogens is 2. The number of hydrogen-bond donors (Lipinski definition) is 1. The van der Waals surface area contributed by atoms with Gasteiger partial charge in [0.1, 0.15) is 9.21 Å². The lowest BCUT2D eigenvalue weighted by atomic mass is 10.2. The Morgan fingerprint density at radius 2 is 2.00 bits per heavy atom. The minimum atomic E-state index is -0.278. The second kappa shape index (κ2) is 5.53. The Labute approximate surface area is 120 Å². The van der Waals surface area contributed by atoms with Gasteiger partial charge in [0.2, 0.25) is 0 Å². The van der Waals surface area contributed by atoms with E-state index >= 15 is 0 Å². The molecule has 7 heteroatoms. The van der Waals surface area contributed by atoms with Crippen LogP contribution in [0.2, 0.25) is 0 Å². The van der Waals surface area contributed by atoms with Crippen molar-refractivity contribution in [1.82, 2.24) is 15.0 Å². The van der Waals surface area contributed by atoms with E-state index in [0.717, 1.165) is 5.69 Å². The number of carbonyl (C=O) groups is 1. The summed E-state index contributed by atoms with van der Waals surface area (Å²) >= 11 is 6.41. The van der Waals surface area contributed by atoms with Gasteiger partial charge in [-0.3, -0.25) is 9.78 Å². The smallest absolute Gasteiger partial charge is 0.258 e. The Hall–Kier alpha value is -1.34. The summed E-state index contributed by atoms with van der Waals surface area (Å²) < 4.78 is 1.05. The summed E-state index contributed by atoms with van der Waals surface area (Å²) in [6, 6.07) is 3.48. The van der Waals surface area contributed by atoms with E-state index in [2.05, 4.69) is 52.1 Å². The van der Waals surface area contributed by atoms with Crippen molar-refractivity contribution in [2.24, 2.45) is 0 Å². The molecule has 2 heterocycles. The molecule has 2 rings (SSSR count). The standard InChI is InChI=1S/C11H8Br2N4O/c1-6-2-3-7(4-14-6)11(18)17-10-9(13)16-8(12)5-15-10/h2-5H,1H3,(H,15,17,18). The average molecular weight is 372 g/mol. The molecule has 0 aliphatic carbocycles. The van der Waals surface area contributed by atoms with Crippen LogP contribution in [-0.2, 0) is 0 Å². The first-order chi connectivity index (χ1) is 8.56. The van der Waals surface area contributed by atoms with Crippen molar-refractivity contribution in [3.8, 4) is 0 Å². The quantitative estimate of drug-likeness (QED) is 0.881. The molecular formula is C11H8Br2N4O. The van der Waals surface area contributed by atoms with Gasteiger partial charge in [-0.05, 0) is 50.9 Å². The molecule has 0 fully saturated rings. The normalized spacial score (nSPS) is 10.2. The van der Waals surface area contributed by atoms with E-state index in [1.54, 1.807) is 12.1 Å². The van der Waals surface area contributed by atoms with Crippen LogP contribution >= 0.6 is 31.9 Å². The van der Waals surface area contributed by atoms with Crippen molar-refractivity contribution in [3.63, 3.8) is 0 Å². The van der Waals surface area contributed by atoms with Gasteiger partial charge < -0.3 is 5.32 Å². The summed E-state index contributed by atoms with van der Waals surface area (Å²) in [5.41, 5.74) is 1.33. The van der Waals surface area contributed by atoms with E-state index in [4.69, 9.17) is 0 Å². The minimum absolute atomic E-state index is 0.278. The Bertz CT molecular complexity index is 586. The van der Waals surface area contributed by atoms with Crippen LogP contribution in [-0.4, -0.2) is 20.9 Å². The number of rotatable bonds is 2. The van der Waals surface area contributed by atoms with Gasteiger partial charge in [0.15, 0.2) is 5.82 Å². The number of pyridine rings is 1. The second-order valence-electron chi connectivity index (χ2n) is 3.47. The average Bonchev–Trinajstić information content (AvgIpc) is 2.33. The summed E-state index contributed by atoms with van der Waals surface area (Å²) in [5, 5.41) is 2.65. The van der Waals surface area contributed by atoms with Gasteiger partial charge in [0.25, 0.3) is 5.91 Å². The molecule has 0 saturated carbocycles. The van der Waals surface area contributed by atoms with Crippen molar-refractivity contribution in [3.05, 3.63) is 45.0 Å². The number of anilines is 1. The highest BCUT2D eigenvalue weighted by molar-refractivity contribution is 9.11. The van der Waals surface area contributed by atoms with Crippen molar-refractivity contribution in [2.45, 2.75) is 6.92 Å². The summed E-state index contributed by atoms with van der Waals surface area (Å²) in [5.74, 6) is 0.0867. The number of carbonyl (C=O) groups excluding carboxylic acids is 1. The maximum atomic E-state index is 11.9. The second-order valence-corrected chi connectivity index (χ2v) is 5.04. The maximum absolute atomic E-state index is 11.9. The topological polar surface area (TPSA) is 67.8 Å². The van der Waals surface area contributed by atoms with E-state index in [1.165, 1.54) is 12.4 Å². The van der Waals surface area contributed by atoms with E-state index < -0.39 is 0 Å². The molecule has 0 bridgehead atoms.